The summed E-state index contributed by atoms with van der Waals surface area (Å²) >= 11 is 0. The molecule has 1 amide bonds. The van der Waals surface area contributed by atoms with Crippen molar-refractivity contribution in [1.29, 1.82) is 0 Å². The molecule has 1 saturated carbocycles. The number of carbonyl (C=O) groups excluding carboxylic acids is 2. The van der Waals surface area contributed by atoms with Gasteiger partial charge in [0.25, 0.3) is 0 Å². The van der Waals surface area contributed by atoms with Crippen LogP contribution in [-0.4, -0.2) is 48.4 Å². The van der Waals surface area contributed by atoms with Crippen LogP contribution in [0.2, 0.25) is 6.32 Å². The molecule has 2 rings (SSSR count). The minimum atomic E-state index is -0.848. The molecular formula is C21H39BN2O5. The van der Waals surface area contributed by atoms with Crippen molar-refractivity contribution in [1.82, 2.24) is 5.32 Å². The van der Waals surface area contributed by atoms with E-state index in [4.69, 9.17) is 19.8 Å². The molecule has 1 unspecified atom stereocenters. The van der Waals surface area contributed by atoms with Gasteiger partial charge in [-0.1, -0.05) is 6.42 Å². The van der Waals surface area contributed by atoms with Crippen molar-refractivity contribution in [3.8, 4) is 0 Å². The standard InChI is InChI=1S/C21H39BN2O5/c1-18(2,3)27-17(26)24-13-16-10-15(11-21(23,12-16)14-25)8-9-22-28-19(4,5)20(6,7)29-22/h14-16H,8-13,23H2,1-7H3,(H,24,26)/t15-,16-,21?/m1/s1. The van der Waals surface area contributed by atoms with Crippen molar-refractivity contribution in [2.45, 2.75) is 103 Å². The number of hydrogen-bond acceptors (Lipinski definition) is 6. The first-order valence-electron chi connectivity index (χ1n) is 10.7. The third-order valence-electron chi connectivity index (χ3n) is 6.29. The van der Waals surface area contributed by atoms with E-state index in [0.29, 0.717) is 19.4 Å². The molecule has 0 aromatic rings. The lowest BCUT2D eigenvalue weighted by molar-refractivity contribution is -0.114. The van der Waals surface area contributed by atoms with Gasteiger partial charge in [-0.25, -0.2) is 4.79 Å². The molecule has 1 saturated heterocycles. The topological polar surface area (TPSA) is 99.9 Å². The summed E-state index contributed by atoms with van der Waals surface area (Å²) in [7, 11) is -0.247. The zero-order chi connectivity index (χ0) is 22.1. The van der Waals surface area contributed by atoms with Gasteiger partial charge >= 0.3 is 13.2 Å². The molecular weight excluding hydrogens is 371 g/mol. The zero-order valence-electron chi connectivity index (χ0n) is 19.2. The van der Waals surface area contributed by atoms with Crippen LogP contribution in [0.25, 0.3) is 0 Å². The molecule has 2 fully saturated rings. The number of rotatable bonds is 6. The van der Waals surface area contributed by atoms with Crippen LogP contribution >= 0.6 is 0 Å². The maximum Gasteiger partial charge on any atom is 0.457 e. The maximum absolute atomic E-state index is 12.0. The number of ether oxygens (including phenoxy) is 1. The van der Waals surface area contributed by atoms with Crippen LogP contribution in [0.1, 0.15) is 74.1 Å². The third kappa shape index (κ3) is 6.69. The monoisotopic (exact) mass is 410 g/mol. The Labute approximate surface area is 175 Å². The van der Waals surface area contributed by atoms with E-state index in [-0.39, 0.29) is 30.2 Å². The summed E-state index contributed by atoms with van der Waals surface area (Å²) in [6.45, 7) is 14.1. The SMILES string of the molecule is CC(C)(C)OC(=O)NC[C@@H]1C[C@@H](CCB2OC(C)(C)C(C)(C)O2)CC(N)(C=O)C1. The van der Waals surface area contributed by atoms with Crippen LogP contribution in [0.4, 0.5) is 4.79 Å². The smallest absolute Gasteiger partial charge is 0.444 e. The molecule has 0 bridgehead atoms. The molecule has 0 aromatic carbocycles. The van der Waals surface area contributed by atoms with E-state index < -0.39 is 17.2 Å². The van der Waals surface area contributed by atoms with Crippen LogP contribution in [0.5, 0.6) is 0 Å². The summed E-state index contributed by atoms with van der Waals surface area (Å²) in [4.78, 5) is 23.6. The molecule has 0 aromatic heterocycles. The number of aldehydes is 1. The summed E-state index contributed by atoms with van der Waals surface area (Å²) < 4.78 is 17.5. The first-order chi connectivity index (χ1) is 13.1. The number of alkyl carbamates (subject to hydrolysis) is 1. The zero-order valence-corrected chi connectivity index (χ0v) is 19.2. The molecule has 29 heavy (non-hydrogen) atoms. The highest BCUT2D eigenvalue weighted by Crippen LogP contribution is 2.40. The predicted octanol–water partition coefficient (Wildman–Crippen LogP) is 3.31. The highest BCUT2D eigenvalue weighted by molar-refractivity contribution is 6.45. The summed E-state index contributed by atoms with van der Waals surface area (Å²) in [5.41, 5.74) is 4.27. The van der Waals surface area contributed by atoms with Gasteiger partial charge in [-0.05, 0) is 85.9 Å². The molecule has 3 N–H and O–H groups in total. The Morgan fingerprint density at radius 1 is 1.17 bits per heavy atom. The van der Waals surface area contributed by atoms with E-state index in [1.807, 2.05) is 48.5 Å². The fourth-order valence-corrected chi connectivity index (χ4v) is 4.26. The van der Waals surface area contributed by atoms with Crippen LogP contribution in [0, 0.1) is 11.8 Å². The van der Waals surface area contributed by atoms with E-state index in [1.165, 1.54) is 0 Å². The summed E-state index contributed by atoms with van der Waals surface area (Å²) in [5.74, 6) is 0.415. The first-order valence-corrected chi connectivity index (χ1v) is 10.7. The van der Waals surface area contributed by atoms with Crippen LogP contribution < -0.4 is 11.1 Å². The van der Waals surface area contributed by atoms with Gasteiger partial charge in [-0.3, -0.25) is 0 Å². The quantitative estimate of drug-likeness (QED) is 0.515. The molecule has 1 aliphatic carbocycles. The second kappa shape index (κ2) is 8.56. The minimum Gasteiger partial charge on any atom is -0.444 e. The van der Waals surface area contributed by atoms with Gasteiger partial charge in [0, 0.05) is 6.54 Å². The molecule has 8 heteroatoms. The predicted molar refractivity (Wildman–Crippen MR) is 114 cm³/mol. The van der Waals surface area contributed by atoms with E-state index >= 15 is 0 Å². The third-order valence-corrected chi connectivity index (χ3v) is 6.29. The summed E-state index contributed by atoms with van der Waals surface area (Å²) in [6.07, 6.45) is 4.19. The van der Waals surface area contributed by atoms with Gasteiger partial charge in [0.15, 0.2) is 0 Å². The van der Waals surface area contributed by atoms with Crippen molar-refractivity contribution in [3.63, 3.8) is 0 Å². The van der Waals surface area contributed by atoms with Crippen molar-refractivity contribution < 1.29 is 23.6 Å². The lowest BCUT2D eigenvalue weighted by Crippen LogP contribution is -2.50. The van der Waals surface area contributed by atoms with Gasteiger partial charge in [0.05, 0.1) is 16.7 Å². The van der Waals surface area contributed by atoms with E-state index in [9.17, 15) is 9.59 Å². The highest BCUT2D eigenvalue weighted by atomic mass is 16.7. The van der Waals surface area contributed by atoms with Crippen molar-refractivity contribution in [2.24, 2.45) is 17.6 Å². The van der Waals surface area contributed by atoms with Gasteiger partial charge < -0.3 is 29.9 Å². The van der Waals surface area contributed by atoms with E-state index in [0.717, 1.165) is 25.4 Å². The van der Waals surface area contributed by atoms with Crippen LogP contribution in [-0.2, 0) is 18.8 Å². The van der Waals surface area contributed by atoms with Gasteiger partial charge in [0.2, 0.25) is 0 Å². The number of carbonyl (C=O) groups is 2. The Hall–Kier alpha value is -1.12. The lowest BCUT2D eigenvalue weighted by Gasteiger charge is -2.39. The van der Waals surface area contributed by atoms with Gasteiger partial charge in [-0.15, -0.1) is 0 Å². The minimum absolute atomic E-state index is 0.134. The second-order valence-corrected chi connectivity index (χ2v) is 10.9. The number of hydrogen-bond donors (Lipinski definition) is 2. The van der Waals surface area contributed by atoms with Crippen molar-refractivity contribution in [2.75, 3.05) is 6.54 Å². The molecule has 2 aliphatic rings. The number of nitrogens with one attached hydrogen (secondary N) is 1. The highest BCUT2D eigenvalue weighted by Gasteiger charge is 2.51. The molecule has 0 spiro atoms. The molecule has 7 nitrogen and oxygen atoms in total. The fraction of sp³-hybridized carbons (Fsp3) is 0.905. The molecule has 1 heterocycles. The van der Waals surface area contributed by atoms with Gasteiger partial charge in [0.1, 0.15) is 11.9 Å². The maximum atomic E-state index is 12.0. The van der Waals surface area contributed by atoms with E-state index in [2.05, 4.69) is 5.32 Å². The summed E-state index contributed by atoms with van der Waals surface area (Å²) in [6, 6.07) is 0. The molecule has 0 radical (unpaired) electrons. The number of amides is 1. The normalized spacial score (nSPS) is 31.4. The largest absolute Gasteiger partial charge is 0.457 e. The molecule has 3 atom stereocenters. The average Bonchev–Trinajstić information content (AvgIpc) is 2.76. The Bertz CT molecular complexity index is 588. The van der Waals surface area contributed by atoms with Crippen LogP contribution in [0.3, 0.4) is 0 Å². The Morgan fingerprint density at radius 2 is 1.72 bits per heavy atom. The lowest BCUT2D eigenvalue weighted by atomic mass is 9.67. The van der Waals surface area contributed by atoms with Gasteiger partial charge in [-0.2, -0.15) is 0 Å². The fourth-order valence-electron chi connectivity index (χ4n) is 4.26. The Morgan fingerprint density at radius 3 is 2.24 bits per heavy atom. The Kier molecular flexibility index (Phi) is 7.13. The summed E-state index contributed by atoms with van der Waals surface area (Å²) in [5, 5.41) is 2.83. The van der Waals surface area contributed by atoms with Crippen molar-refractivity contribution in [3.05, 3.63) is 0 Å². The Balaban J connectivity index is 1.90. The first kappa shape index (κ1) is 24.2. The van der Waals surface area contributed by atoms with Crippen LogP contribution in [0.15, 0.2) is 0 Å². The van der Waals surface area contributed by atoms with E-state index in [1.54, 1.807) is 0 Å². The average molecular weight is 410 g/mol. The van der Waals surface area contributed by atoms with Crippen molar-refractivity contribution >= 4 is 19.5 Å². The second-order valence-electron chi connectivity index (χ2n) is 10.9. The number of nitrogens with two attached hydrogens (primary N) is 1. The molecule has 166 valence electrons. The molecule has 1 aliphatic heterocycles.